The fraction of sp³-hybridized carbons (Fsp3) is 0.300. The zero-order valence-corrected chi connectivity index (χ0v) is 9.55. The number of benzene rings is 1. The summed E-state index contributed by atoms with van der Waals surface area (Å²) in [6.07, 6.45) is -4.66. The number of alkyl halides is 4. The maximum absolute atomic E-state index is 12.5. The molecule has 1 unspecified atom stereocenters. The van der Waals surface area contributed by atoms with E-state index in [0.717, 1.165) is 6.07 Å². The van der Waals surface area contributed by atoms with Crippen LogP contribution in [0.25, 0.3) is 0 Å². The molecule has 6 heteroatoms. The lowest BCUT2D eigenvalue weighted by atomic mass is 10.0. The smallest absolute Gasteiger partial charge is 0.416 e. The zero-order chi connectivity index (χ0) is 12.3. The van der Waals surface area contributed by atoms with E-state index in [1.54, 1.807) is 0 Å². The number of hydrogen-bond donors (Lipinski definition) is 1. The Labute approximate surface area is 98.2 Å². The fourth-order valence-electron chi connectivity index (χ4n) is 1.26. The van der Waals surface area contributed by atoms with Crippen LogP contribution in [0, 0.1) is 0 Å². The van der Waals surface area contributed by atoms with Gasteiger partial charge in [-0.05, 0) is 18.1 Å². The maximum atomic E-state index is 12.5. The van der Waals surface area contributed by atoms with E-state index < -0.39 is 22.5 Å². The second-order valence-electron chi connectivity index (χ2n) is 3.16. The minimum absolute atomic E-state index is 0.0284. The van der Waals surface area contributed by atoms with Crippen molar-refractivity contribution in [2.45, 2.75) is 17.4 Å². The molecular formula is C10H8BrF3O2. The normalized spacial score (nSPS) is 13.5. The average Bonchev–Trinajstić information content (AvgIpc) is 2.16. The highest BCUT2D eigenvalue weighted by Crippen LogP contribution is 2.32. The van der Waals surface area contributed by atoms with Gasteiger partial charge in [0.1, 0.15) is 4.83 Å². The number of carboxylic acids is 1. The Bertz CT molecular complexity index is 390. The van der Waals surface area contributed by atoms with Gasteiger partial charge in [-0.2, -0.15) is 13.2 Å². The first-order valence-electron chi connectivity index (χ1n) is 4.34. The highest BCUT2D eigenvalue weighted by molar-refractivity contribution is 9.10. The van der Waals surface area contributed by atoms with E-state index >= 15 is 0 Å². The van der Waals surface area contributed by atoms with Crippen molar-refractivity contribution in [3.05, 3.63) is 35.4 Å². The molecule has 0 saturated heterocycles. The number of hydrogen-bond acceptors (Lipinski definition) is 1. The van der Waals surface area contributed by atoms with Crippen LogP contribution in [0.5, 0.6) is 0 Å². The van der Waals surface area contributed by atoms with Crippen LogP contribution in [-0.4, -0.2) is 15.9 Å². The summed E-state index contributed by atoms with van der Waals surface area (Å²) in [6, 6.07) is 4.94. The Morgan fingerprint density at radius 2 is 1.94 bits per heavy atom. The molecule has 0 aliphatic heterocycles. The van der Waals surface area contributed by atoms with E-state index in [-0.39, 0.29) is 12.0 Å². The van der Waals surface area contributed by atoms with Gasteiger partial charge in [0.05, 0.1) is 5.56 Å². The molecule has 0 amide bonds. The van der Waals surface area contributed by atoms with Crippen molar-refractivity contribution in [3.8, 4) is 0 Å². The molecule has 0 heterocycles. The van der Waals surface area contributed by atoms with Crippen molar-refractivity contribution in [2.75, 3.05) is 0 Å². The minimum Gasteiger partial charge on any atom is -0.480 e. The number of halogens is 4. The van der Waals surface area contributed by atoms with Crippen LogP contribution in [0.2, 0.25) is 0 Å². The Morgan fingerprint density at radius 3 is 2.44 bits per heavy atom. The molecule has 1 N–H and O–H groups in total. The van der Waals surface area contributed by atoms with E-state index in [0.29, 0.717) is 0 Å². The molecule has 88 valence electrons. The molecule has 1 rings (SSSR count). The summed E-state index contributed by atoms with van der Waals surface area (Å²) in [4.78, 5) is 9.52. The summed E-state index contributed by atoms with van der Waals surface area (Å²) in [5.41, 5.74) is -0.819. The molecule has 0 aliphatic carbocycles. The Hall–Kier alpha value is -1.04. The molecule has 0 bridgehead atoms. The van der Waals surface area contributed by atoms with Gasteiger partial charge in [-0.15, -0.1) is 0 Å². The Kier molecular flexibility index (Phi) is 3.96. The first-order valence-corrected chi connectivity index (χ1v) is 5.26. The quantitative estimate of drug-likeness (QED) is 0.870. The third kappa shape index (κ3) is 3.23. The molecule has 0 radical (unpaired) electrons. The largest absolute Gasteiger partial charge is 0.480 e. The molecule has 1 atom stereocenters. The molecule has 0 aromatic heterocycles. The zero-order valence-electron chi connectivity index (χ0n) is 7.96. The van der Waals surface area contributed by atoms with Crippen LogP contribution >= 0.6 is 15.9 Å². The van der Waals surface area contributed by atoms with Crippen molar-refractivity contribution < 1.29 is 23.1 Å². The van der Waals surface area contributed by atoms with E-state index in [9.17, 15) is 18.0 Å². The number of carboxylic acid groups (broad SMARTS) is 1. The Morgan fingerprint density at radius 1 is 1.38 bits per heavy atom. The summed E-state index contributed by atoms with van der Waals surface area (Å²) >= 11 is 2.81. The topological polar surface area (TPSA) is 37.3 Å². The second kappa shape index (κ2) is 4.86. The first kappa shape index (κ1) is 13.0. The monoisotopic (exact) mass is 296 g/mol. The SMILES string of the molecule is O=C(O)C(Br)Cc1ccccc1C(F)(F)F. The molecule has 2 nitrogen and oxygen atoms in total. The molecule has 1 aromatic carbocycles. The number of aliphatic carboxylic acids is 1. The van der Waals surface area contributed by atoms with Crippen molar-refractivity contribution >= 4 is 21.9 Å². The maximum Gasteiger partial charge on any atom is 0.416 e. The van der Waals surface area contributed by atoms with Gasteiger partial charge >= 0.3 is 12.1 Å². The van der Waals surface area contributed by atoms with Crippen molar-refractivity contribution in [3.63, 3.8) is 0 Å². The molecule has 16 heavy (non-hydrogen) atoms. The standard InChI is InChI=1S/C10H8BrF3O2/c11-8(9(15)16)5-6-3-1-2-4-7(6)10(12,13)14/h1-4,8H,5H2,(H,15,16). The van der Waals surface area contributed by atoms with Gasteiger partial charge in [-0.25, -0.2) is 0 Å². The third-order valence-electron chi connectivity index (χ3n) is 1.99. The fourth-order valence-corrected chi connectivity index (χ4v) is 1.60. The van der Waals surface area contributed by atoms with Crippen LogP contribution < -0.4 is 0 Å². The van der Waals surface area contributed by atoms with E-state index in [1.807, 2.05) is 0 Å². The van der Waals surface area contributed by atoms with E-state index in [4.69, 9.17) is 5.11 Å². The van der Waals surface area contributed by atoms with Gasteiger partial charge < -0.3 is 5.11 Å². The molecule has 0 saturated carbocycles. The van der Waals surface area contributed by atoms with Gasteiger partial charge in [0.25, 0.3) is 0 Å². The summed E-state index contributed by atoms with van der Waals surface area (Å²) in [5.74, 6) is -1.18. The van der Waals surface area contributed by atoms with Gasteiger partial charge in [-0.3, -0.25) is 4.79 Å². The predicted molar refractivity (Wildman–Crippen MR) is 55.5 cm³/mol. The van der Waals surface area contributed by atoms with Crippen LogP contribution in [-0.2, 0) is 17.4 Å². The third-order valence-corrected chi connectivity index (χ3v) is 2.71. The highest BCUT2D eigenvalue weighted by Gasteiger charge is 2.33. The summed E-state index contributed by atoms with van der Waals surface area (Å²) in [6.45, 7) is 0. The van der Waals surface area contributed by atoms with Gasteiger partial charge in [0.15, 0.2) is 0 Å². The second-order valence-corrected chi connectivity index (χ2v) is 4.27. The summed E-state index contributed by atoms with van der Waals surface area (Å²) < 4.78 is 37.6. The summed E-state index contributed by atoms with van der Waals surface area (Å²) in [7, 11) is 0. The predicted octanol–water partition coefficient (Wildman–Crippen LogP) is 3.10. The van der Waals surface area contributed by atoms with Gasteiger partial charge in [0.2, 0.25) is 0 Å². The molecule has 1 aromatic rings. The Balaban J connectivity index is 3.01. The number of rotatable bonds is 3. The molecule has 0 fully saturated rings. The van der Waals surface area contributed by atoms with E-state index in [2.05, 4.69) is 15.9 Å². The van der Waals surface area contributed by atoms with Crippen LogP contribution in [0.4, 0.5) is 13.2 Å². The first-order chi connectivity index (χ1) is 7.32. The van der Waals surface area contributed by atoms with E-state index in [1.165, 1.54) is 18.2 Å². The van der Waals surface area contributed by atoms with Crippen molar-refractivity contribution in [1.29, 1.82) is 0 Å². The lowest BCUT2D eigenvalue weighted by Gasteiger charge is -2.13. The lowest BCUT2D eigenvalue weighted by Crippen LogP contribution is -2.18. The van der Waals surface area contributed by atoms with Gasteiger partial charge in [-0.1, -0.05) is 34.1 Å². The summed E-state index contributed by atoms with van der Waals surface area (Å²) in [5, 5.41) is 8.61. The minimum atomic E-state index is -4.46. The van der Waals surface area contributed by atoms with Crippen LogP contribution in [0.1, 0.15) is 11.1 Å². The molecule has 0 aliphatic rings. The number of carbonyl (C=O) groups is 1. The molecular weight excluding hydrogens is 289 g/mol. The highest BCUT2D eigenvalue weighted by atomic mass is 79.9. The van der Waals surface area contributed by atoms with Gasteiger partial charge in [0, 0.05) is 0 Å². The van der Waals surface area contributed by atoms with Crippen molar-refractivity contribution in [1.82, 2.24) is 0 Å². The lowest BCUT2D eigenvalue weighted by molar-refractivity contribution is -0.139. The van der Waals surface area contributed by atoms with Crippen LogP contribution in [0.3, 0.4) is 0 Å². The van der Waals surface area contributed by atoms with Crippen molar-refractivity contribution in [2.24, 2.45) is 0 Å². The molecule has 0 spiro atoms. The average molecular weight is 297 g/mol. The van der Waals surface area contributed by atoms with Crippen LogP contribution in [0.15, 0.2) is 24.3 Å².